The second-order valence-electron chi connectivity index (χ2n) is 5.90. The topological polar surface area (TPSA) is 0 Å². The van der Waals surface area contributed by atoms with Crippen molar-refractivity contribution in [2.24, 2.45) is 0 Å². The van der Waals surface area contributed by atoms with Gasteiger partial charge in [0.25, 0.3) is 0 Å². The molecule has 0 aliphatic heterocycles. The van der Waals surface area contributed by atoms with Gasteiger partial charge in [0.15, 0.2) is 0 Å². The first-order chi connectivity index (χ1) is 8.93. The predicted octanol–water partition coefficient (Wildman–Crippen LogP) is 5.09. The van der Waals surface area contributed by atoms with Crippen molar-refractivity contribution in [2.45, 2.75) is 64.2 Å². The summed E-state index contributed by atoms with van der Waals surface area (Å²) in [5.74, 6) is 0. The lowest BCUT2D eigenvalue weighted by atomic mass is 9.93. The average Bonchev–Trinajstić information content (AvgIpc) is 2.80. The summed E-state index contributed by atoms with van der Waals surface area (Å²) in [5.41, 5.74) is 6.34. The van der Waals surface area contributed by atoms with Gasteiger partial charge in [0.2, 0.25) is 0 Å². The Morgan fingerprint density at radius 2 is 1.22 bits per heavy atom. The molecule has 0 aromatic heterocycles. The second kappa shape index (κ2) is 5.73. The van der Waals surface area contributed by atoms with Crippen LogP contribution < -0.4 is 0 Å². The molecule has 0 N–H and O–H groups in total. The van der Waals surface area contributed by atoms with Crippen LogP contribution in [0.3, 0.4) is 0 Å². The van der Waals surface area contributed by atoms with Crippen molar-refractivity contribution in [2.75, 3.05) is 0 Å². The van der Waals surface area contributed by atoms with Crippen LogP contribution in [0.5, 0.6) is 0 Å². The van der Waals surface area contributed by atoms with Crippen LogP contribution in [0.15, 0.2) is 18.2 Å². The van der Waals surface area contributed by atoms with Crippen molar-refractivity contribution in [3.8, 4) is 0 Å². The summed E-state index contributed by atoms with van der Waals surface area (Å²) in [5, 5.41) is 0. The van der Waals surface area contributed by atoms with E-state index in [9.17, 15) is 0 Å². The number of fused-ring (bicyclic) bond motifs is 2. The maximum atomic E-state index is 2.50. The van der Waals surface area contributed by atoms with Crippen molar-refractivity contribution < 1.29 is 0 Å². The van der Waals surface area contributed by atoms with Gasteiger partial charge in [0, 0.05) is 0 Å². The zero-order chi connectivity index (χ0) is 12.2. The minimum atomic E-state index is 1.16. The fraction of sp³-hybridized carbons (Fsp3) is 0.556. The van der Waals surface area contributed by atoms with Crippen LogP contribution in [0.25, 0.3) is 6.08 Å². The summed E-state index contributed by atoms with van der Waals surface area (Å²) in [6, 6.07) is 4.98. The van der Waals surface area contributed by atoms with Crippen LogP contribution >= 0.6 is 0 Å². The largest absolute Gasteiger partial charge is 0.0795 e. The Balaban J connectivity index is 1.84. The molecule has 0 fully saturated rings. The van der Waals surface area contributed by atoms with E-state index in [1.165, 1.54) is 63.4 Å². The van der Waals surface area contributed by atoms with E-state index in [-0.39, 0.29) is 0 Å². The minimum absolute atomic E-state index is 1.16. The highest BCUT2D eigenvalue weighted by Gasteiger charge is 2.11. The maximum Gasteiger partial charge on any atom is -0.00881 e. The highest BCUT2D eigenvalue weighted by Crippen LogP contribution is 2.27. The molecule has 0 radical (unpaired) electrons. The summed E-state index contributed by atoms with van der Waals surface area (Å²) >= 11 is 0. The molecule has 0 heteroatoms. The fourth-order valence-electron chi connectivity index (χ4n) is 3.38. The molecule has 3 rings (SSSR count). The van der Waals surface area contributed by atoms with Gasteiger partial charge in [-0.25, -0.2) is 0 Å². The standard InChI is InChI=1S/C18H24/c1-2-4-6-9-15-13-17-11-8-12-18(17)14-16(15)10-7-5-3-1/h8,11,13-14H,1-7,9-10,12H2. The molecule has 18 heavy (non-hydrogen) atoms. The fourth-order valence-corrected chi connectivity index (χ4v) is 3.38. The van der Waals surface area contributed by atoms with Gasteiger partial charge in [-0.3, -0.25) is 0 Å². The molecule has 0 saturated carbocycles. The normalized spacial score (nSPS) is 20.0. The van der Waals surface area contributed by atoms with Crippen molar-refractivity contribution >= 4 is 6.08 Å². The SMILES string of the molecule is C1=Cc2cc3c(cc2C1)CCCCCCCCC3. The second-order valence-corrected chi connectivity index (χ2v) is 5.90. The highest BCUT2D eigenvalue weighted by molar-refractivity contribution is 5.62. The first kappa shape index (κ1) is 12.0. The van der Waals surface area contributed by atoms with Gasteiger partial charge in [-0.05, 0) is 54.4 Å². The van der Waals surface area contributed by atoms with Gasteiger partial charge in [-0.15, -0.1) is 0 Å². The summed E-state index contributed by atoms with van der Waals surface area (Å²) in [4.78, 5) is 0. The van der Waals surface area contributed by atoms with Crippen molar-refractivity contribution in [1.29, 1.82) is 0 Å². The van der Waals surface area contributed by atoms with E-state index >= 15 is 0 Å². The molecule has 0 atom stereocenters. The molecule has 1 aromatic rings. The first-order valence-electron chi connectivity index (χ1n) is 7.75. The summed E-state index contributed by atoms with van der Waals surface area (Å²) in [6.45, 7) is 0. The number of allylic oxidation sites excluding steroid dienone is 1. The molecule has 0 bridgehead atoms. The highest BCUT2D eigenvalue weighted by atomic mass is 14.2. The molecule has 96 valence electrons. The van der Waals surface area contributed by atoms with E-state index in [1.54, 1.807) is 16.7 Å². The van der Waals surface area contributed by atoms with Crippen LogP contribution in [0.2, 0.25) is 0 Å². The third kappa shape index (κ3) is 2.68. The Kier molecular flexibility index (Phi) is 3.83. The van der Waals surface area contributed by atoms with Crippen molar-refractivity contribution in [1.82, 2.24) is 0 Å². The molecule has 0 unspecified atom stereocenters. The third-order valence-electron chi connectivity index (χ3n) is 4.49. The summed E-state index contributed by atoms with van der Waals surface area (Å²) < 4.78 is 0. The molecule has 1 aromatic carbocycles. The van der Waals surface area contributed by atoms with Gasteiger partial charge in [-0.2, -0.15) is 0 Å². The van der Waals surface area contributed by atoms with Crippen LogP contribution in [-0.4, -0.2) is 0 Å². The Hall–Kier alpha value is -1.04. The quantitative estimate of drug-likeness (QED) is 0.593. The monoisotopic (exact) mass is 240 g/mol. The van der Waals surface area contributed by atoms with E-state index in [0.29, 0.717) is 0 Å². The number of aryl methyl sites for hydroxylation is 2. The smallest absolute Gasteiger partial charge is 0.00881 e. The van der Waals surface area contributed by atoms with Gasteiger partial charge >= 0.3 is 0 Å². The van der Waals surface area contributed by atoms with Gasteiger partial charge in [0.1, 0.15) is 0 Å². The molecule has 0 amide bonds. The zero-order valence-electron chi connectivity index (χ0n) is 11.4. The summed E-state index contributed by atoms with van der Waals surface area (Å²) in [7, 11) is 0. The van der Waals surface area contributed by atoms with Crippen LogP contribution in [0.1, 0.15) is 67.2 Å². The minimum Gasteiger partial charge on any atom is -0.0795 e. The lowest BCUT2D eigenvalue weighted by molar-refractivity contribution is 0.587. The van der Waals surface area contributed by atoms with Crippen molar-refractivity contribution in [3.63, 3.8) is 0 Å². The van der Waals surface area contributed by atoms with Gasteiger partial charge in [0.05, 0.1) is 0 Å². The molecule has 0 saturated heterocycles. The van der Waals surface area contributed by atoms with E-state index in [1.807, 2.05) is 0 Å². The van der Waals surface area contributed by atoms with Crippen LogP contribution in [0.4, 0.5) is 0 Å². The third-order valence-corrected chi connectivity index (χ3v) is 4.49. The Morgan fingerprint density at radius 1 is 0.611 bits per heavy atom. The Morgan fingerprint density at radius 3 is 1.94 bits per heavy atom. The molecular formula is C18H24. The van der Waals surface area contributed by atoms with E-state index in [0.717, 1.165) is 6.42 Å². The average molecular weight is 240 g/mol. The van der Waals surface area contributed by atoms with E-state index in [2.05, 4.69) is 24.3 Å². The maximum absolute atomic E-state index is 2.50. The van der Waals surface area contributed by atoms with E-state index in [4.69, 9.17) is 0 Å². The molecule has 2 aliphatic rings. The number of hydrogen-bond donors (Lipinski definition) is 0. The van der Waals surface area contributed by atoms with Crippen LogP contribution in [-0.2, 0) is 19.3 Å². The predicted molar refractivity (Wildman–Crippen MR) is 78.9 cm³/mol. The number of benzene rings is 1. The first-order valence-corrected chi connectivity index (χ1v) is 7.75. The Labute approximate surface area is 111 Å². The number of rotatable bonds is 0. The number of hydrogen-bond acceptors (Lipinski definition) is 0. The van der Waals surface area contributed by atoms with Gasteiger partial charge in [-0.1, -0.05) is 56.4 Å². The van der Waals surface area contributed by atoms with E-state index < -0.39 is 0 Å². The van der Waals surface area contributed by atoms with Crippen LogP contribution in [0, 0.1) is 0 Å². The van der Waals surface area contributed by atoms with Gasteiger partial charge < -0.3 is 0 Å². The molecule has 0 heterocycles. The lowest BCUT2D eigenvalue weighted by Gasteiger charge is -2.12. The summed E-state index contributed by atoms with van der Waals surface area (Å²) in [6.07, 6.45) is 18.3. The van der Waals surface area contributed by atoms with Crippen molar-refractivity contribution in [3.05, 3.63) is 40.5 Å². The Bertz CT molecular complexity index is 440. The molecule has 0 spiro atoms. The molecule has 0 nitrogen and oxygen atoms in total. The molecule has 2 aliphatic carbocycles. The zero-order valence-corrected chi connectivity index (χ0v) is 11.4. The molecular weight excluding hydrogens is 216 g/mol. The lowest BCUT2D eigenvalue weighted by Crippen LogP contribution is -1.98.